The molecule has 5 nitrogen and oxygen atoms in total. The molecule has 1 N–H and O–H groups in total. The van der Waals surface area contributed by atoms with Gasteiger partial charge >= 0.3 is 5.97 Å². The van der Waals surface area contributed by atoms with Crippen LogP contribution in [0.2, 0.25) is 0 Å². The molecule has 4 aliphatic rings. The number of rotatable bonds is 6. The summed E-state index contributed by atoms with van der Waals surface area (Å²) in [4.78, 5) is 12.7. The lowest BCUT2D eigenvalue weighted by Crippen LogP contribution is -2.63. The molecule has 3 aliphatic heterocycles. The van der Waals surface area contributed by atoms with E-state index in [4.69, 9.17) is 9.47 Å². The van der Waals surface area contributed by atoms with Crippen molar-refractivity contribution in [2.24, 2.45) is 5.92 Å². The van der Waals surface area contributed by atoms with Crippen LogP contribution in [0.1, 0.15) is 37.2 Å². The molecule has 2 unspecified atom stereocenters. The highest BCUT2D eigenvalue weighted by molar-refractivity contribution is 5.78. The number of aliphatic hydroxyl groups excluding tert-OH is 1. The number of nitrogens with zero attached hydrogens (tertiary/aromatic N) is 1. The predicted octanol–water partition coefficient (Wildman–Crippen LogP) is 1.84. The van der Waals surface area contributed by atoms with Gasteiger partial charge in [0, 0.05) is 18.8 Å². The van der Waals surface area contributed by atoms with Gasteiger partial charge < -0.3 is 19.1 Å². The Morgan fingerprint density at radius 3 is 2.46 bits per heavy atom. The third-order valence-electron chi connectivity index (χ3n) is 7.14. The average Bonchev–Trinajstić information content (AvgIpc) is 3.51. The van der Waals surface area contributed by atoms with Crippen molar-refractivity contribution < 1.29 is 23.9 Å². The first kappa shape index (κ1) is 16.7. The molecule has 140 valence electrons. The number of hydrogen-bond donors (Lipinski definition) is 1. The largest absolute Gasteiger partial charge is 0.461 e. The lowest BCUT2D eigenvalue weighted by atomic mass is 9.94. The molecule has 0 aromatic heterocycles. The van der Waals surface area contributed by atoms with Crippen LogP contribution in [0.15, 0.2) is 30.3 Å². The summed E-state index contributed by atoms with van der Waals surface area (Å²) in [6.07, 6.45) is 5.22. The number of carbonyl (C=O) groups is 1. The van der Waals surface area contributed by atoms with Crippen LogP contribution in [0.5, 0.6) is 0 Å². The summed E-state index contributed by atoms with van der Waals surface area (Å²) in [7, 11) is 2.39. The first-order chi connectivity index (χ1) is 12.6. The third-order valence-corrected chi connectivity index (χ3v) is 7.14. The molecule has 26 heavy (non-hydrogen) atoms. The number of esters is 1. The normalized spacial score (nSPS) is 41.4. The first-order valence-electron chi connectivity index (χ1n) is 9.97. The quantitative estimate of drug-likeness (QED) is 0.479. The smallest absolute Gasteiger partial charge is 0.316 e. The maximum absolute atomic E-state index is 12.7. The maximum atomic E-state index is 12.7. The summed E-state index contributed by atoms with van der Waals surface area (Å²) in [5.74, 6) is 0.00309. The molecule has 1 aromatic rings. The van der Waals surface area contributed by atoms with E-state index in [0.29, 0.717) is 24.3 Å². The van der Waals surface area contributed by atoms with Gasteiger partial charge in [0.15, 0.2) is 0 Å². The Balaban J connectivity index is 1.27. The van der Waals surface area contributed by atoms with Crippen molar-refractivity contribution in [2.75, 3.05) is 20.2 Å². The summed E-state index contributed by atoms with van der Waals surface area (Å²) >= 11 is 0. The van der Waals surface area contributed by atoms with Crippen molar-refractivity contribution in [2.45, 2.75) is 62.0 Å². The Morgan fingerprint density at radius 1 is 1.23 bits per heavy atom. The number of morpholine rings is 1. The summed E-state index contributed by atoms with van der Waals surface area (Å²) in [6, 6.07) is 10.4. The number of epoxide rings is 1. The van der Waals surface area contributed by atoms with Gasteiger partial charge in [-0.2, -0.15) is 0 Å². The number of aliphatic hydroxyl groups is 1. The molecular weight excluding hydrogens is 330 g/mol. The molecule has 0 spiro atoms. The van der Waals surface area contributed by atoms with E-state index in [-0.39, 0.29) is 18.7 Å². The monoisotopic (exact) mass is 358 g/mol. The second-order valence-electron chi connectivity index (χ2n) is 8.85. The van der Waals surface area contributed by atoms with Crippen LogP contribution in [0.4, 0.5) is 0 Å². The van der Waals surface area contributed by atoms with E-state index >= 15 is 0 Å². The van der Waals surface area contributed by atoms with Gasteiger partial charge in [-0.15, -0.1) is 0 Å². The number of fused-ring (bicyclic) bond motifs is 5. The van der Waals surface area contributed by atoms with Crippen molar-refractivity contribution in [3.63, 3.8) is 0 Å². The van der Waals surface area contributed by atoms with E-state index in [1.807, 2.05) is 30.3 Å². The Labute approximate surface area is 154 Å². The molecule has 0 radical (unpaired) electrons. The summed E-state index contributed by atoms with van der Waals surface area (Å²) in [5, 5.41) is 9.71. The fourth-order valence-corrected chi connectivity index (χ4v) is 5.53. The molecule has 3 saturated heterocycles. The standard InChI is InChI=1S/C21H28NO4/c1-22(11-13-7-8-13)17-9-15(10-18(22)20-19(17)26-20)25-21(24)16(12-23)14-5-3-2-4-6-14/h2-6,13,15-20,23H,7-12H2,1H3/q+1/t15?,16-,17-,18-,19-,20+,22?/m0/s1. The highest BCUT2D eigenvalue weighted by atomic mass is 16.6. The number of quaternary nitrogens is 1. The molecule has 5 heteroatoms. The highest BCUT2D eigenvalue weighted by Gasteiger charge is 2.72. The average molecular weight is 358 g/mol. The molecular formula is C21H28NO4+. The molecule has 3 heterocycles. The van der Waals surface area contributed by atoms with Gasteiger partial charge in [-0.3, -0.25) is 4.79 Å². The minimum atomic E-state index is -0.589. The van der Waals surface area contributed by atoms with Crippen molar-refractivity contribution in [3.8, 4) is 0 Å². The van der Waals surface area contributed by atoms with E-state index < -0.39 is 5.92 Å². The fourth-order valence-electron chi connectivity index (χ4n) is 5.53. The van der Waals surface area contributed by atoms with E-state index in [1.54, 1.807) is 0 Å². The van der Waals surface area contributed by atoms with Gasteiger partial charge in [0.05, 0.1) is 20.2 Å². The van der Waals surface area contributed by atoms with Crippen LogP contribution in [0.25, 0.3) is 0 Å². The zero-order valence-corrected chi connectivity index (χ0v) is 15.3. The molecule has 1 aromatic carbocycles. The van der Waals surface area contributed by atoms with Crippen LogP contribution < -0.4 is 0 Å². The molecule has 2 bridgehead atoms. The molecule has 4 fully saturated rings. The van der Waals surface area contributed by atoms with Gasteiger partial charge in [-0.1, -0.05) is 30.3 Å². The Bertz CT molecular complexity index is 671. The Kier molecular flexibility index (Phi) is 3.89. The summed E-state index contributed by atoms with van der Waals surface area (Å²) < 4.78 is 12.9. The van der Waals surface area contributed by atoms with Gasteiger partial charge in [-0.05, 0) is 18.4 Å². The van der Waals surface area contributed by atoms with Gasteiger partial charge in [0.2, 0.25) is 0 Å². The molecule has 7 atom stereocenters. The Hall–Kier alpha value is -1.43. The second kappa shape index (κ2) is 6.04. The molecule has 5 rings (SSSR count). The van der Waals surface area contributed by atoms with Gasteiger partial charge in [-0.25, -0.2) is 0 Å². The predicted molar refractivity (Wildman–Crippen MR) is 95.4 cm³/mol. The summed E-state index contributed by atoms with van der Waals surface area (Å²) in [6.45, 7) is 1.04. The fraction of sp³-hybridized carbons (Fsp3) is 0.667. The number of ether oxygens (including phenoxy) is 2. The van der Waals surface area contributed by atoms with Crippen LogP contribution in [0.3, 0.4) is 0 Å². The summed E-state index contributed by atoms with van der Waals surface area (Å²) in [5.41, 5.74) is 0.819. The number of hydrogen-bond acceptors (Lipinski definition) is 4. The van der Waals surface area contributed by atoms with Crippen LogP contribution in [-0.2, 0) is 14.3 Å². The first-order valence-corrected chi connectivity index (χ1v) is 9.97. The van der Waals surface area contributed by atoms with E-state index in [2.05, 4.69) is 7.05 Å². The minimum Gasteiger partial charge on any atom is -0.461 e. The van der Waals surface area contributed by atoms with Crippen molar-refractivity contribution in [1.29, 1.82) is 0 Å². The lowest BCUT2D eigenvalue weighted by Gasteiger charge is -2.48. The van der Waals surface area contributed by atoms with Gasteiger partial charge in [0.25, 0.3) is 0 Å². The number of likely N-dealkylation sites (N-methyl/N-ethyl adjacent to an activating group) is 1. The molecule has 1 aliphatic carbocycles. The van der Waals surface area contributed by atoms with Crippen LogP contribution in [0, 0.1) is 5.92 Å². The lowest BCUT2D eigenvalue weighted by molar-refractivity contribution is -0.957. The number of carbonyl (C=O) groups excluding carboxylic acids is 1. The number of benzene rings is 1. The van der Waals surface area contributed by atoms with Crippen LogP contribution in [-0.4, -0.2) is 66.2 Å². The van der Waals surface area contributed by atoms with E-state index in [9.17, 15) is 9.90 Å². The zero-order valence-electron chi connectivity index (χ0n) is 15.3. The second-order valence-corrected chi connectivity index (χ2v) is 8.85. The highest BCUT2D eigenvalue weighted by Crippen LogP contribution is 2.54. The SMILES string of the molecule is C[N+]1(CC2CC2)[C@H]2CC(OC(=O)[C@@H](CO)c3ccccc3)C[C@H]1[C@H]1O[C@H]12. The van der Waals surface area contributed by atoms with Crippen LogP contribution >= 0.6 is 0 Å². The number of piperidine rings is 1. The third kappa shape index (κ3) is 2.68. The maximum Gasteiger partial charge on any atom is 0.316 e. The Morgan fingerprint density at radius 2 is 1.88 bits per heavy atom. The zero-order chi connectivity index (χ0) is 17.9. The minimum absolute atomic E-state index is 0.0444. The van der Waals surface area contributed by atoms with E-state index in [1.165, 1.54) is 19.4 Å². The van der Waals surface area contributed by atoms with E-state index in [0.717, 1.165) is 28.8 Å². The van der Waals surface area contributed by atoms with Crippen molar-refractivity contribution in [3.05, 3.63) is 35.9 Å². The van der Waals surface area contributed by atoms with Crippen molar-refractivity contribution >= 4 is 5.97 Å². The molecule has 1 saturated carbocycles. The van der Waals surface area contributed by atoms with Gasteiger partial charge in [0.1, 0.15) is 36.3 Å². The topological polar surface area (TPSA) is 59.1 Å². The van der Waals surface area contributed by atoms with Crippen molar-refractivity contribution in [1.82, 2.24) is 0 Å². The molecule has 0 amide bonds.